The molecule has 2 heteroatoms. The molecule has 0 rings (SSSR count). The van der Waals surface area contributed by atoms with Gasteiger partial charge in [-0.1, -0.05) is 0 Å². The first-order chi connectivity index (χ1) is 3.92. The third kappa shape index (κ3) is 7.92. The Hall–Kier alpha value is -0.0800. The highest BCUT2D eigenvalue weighted by Crippen LogP contribution is 1.94. The zero-order chi connectivity index (χ0) is 7.49. The van der Waals surface area contributed by atoms with E-state index in [2.05, 4.69) is 28.1 Å². The van der Waals surface area contributed by atoms with Crippen LogP contribution in [-0.4, -0.2) is 38.2 Å². The number of hydrogen-bond acceptors (Lipinski definition) is 1. The fraction of sp³-hybridized carbons (Fsp3) is 1.00. The number of rotatable bonds is 3. The second kappa shape index (κ2) is 3.18. The smallest absolute Gasteiger partial charge is 0.0795 e. The van der Waals surface area contributed by atoms with Crippen molar-refractivity contribution in [3.05, 3.63) is 0 Å². The topological polar surface area (TPSA) is 26.0 Å². The van der Waals surface area contributed by atoms with Crippen LogP contribution < -0.4 is 5.73 Å². The monoisotopic (exact) mass is 131 g/mol. The fourth-order valence-electron chi connectivity index (χ4n) is 0.591. The fourth-order valence-corrected chi connectivity index (χ4v) is 0.591. The molecule has 0 spiro atoms. The van der Waals surface area contributed by atoms with Gasteiger partial charge in [-0.05, 0) is 6.92 Å². The highest BCUT2D eigenvalue weighted by Gasteiger charge is 2.06. The van der Waals surface area contributed by atoms with Crippen molar-refractivity contribution in [3.63, 3.8) is 0 Å². The van der Waals surface area contributed by atoms with Gasteiger partial charge >= 0.3 is 0 Å². The number of nitrogens with two attached hydrogens (primary N) is 1. The van der Waals surface area contributed by atoms with Crippen LogP contribution in [0, 0.1) is 0 Å². The predicted molar refractivity (Wildman–Crippen MR) is 41.2 cm³/mol. The molecular weight excluding hydrogens is 112 g/mol. The molecule has 2 nitrogen and oxygen atoms in total. The van der Waals surface area contributed by atoms with E-state index in [1.807, 2.05) is 0 Å². The summed E-state index contributed by atoms with van der Waals surface area (Å²) in [4.78, 5) is 0. The maximum Gasteiger partial charge on any atom is 0.0795 e. The van der Waals surface area contributed by atoms with Crippen LogP contribution in [-0.2, 0) is 0 Å². The van der Waals surface area contributed by atoms with Crippen LogP contribution in [0.25, 0.3) is 0 Å². The van der Waals surface area contributed by atoms with Crippen LogP contribution in [0.5, 0.6) is 0 Å². The van der Waals surface area contributed by atoms with Crippen molar-refractivity contribution in [2.45, 2.75) is 19.4 Å². The minimum absolute atomic E-state index is 0.349. The Morgan fingerprint density at radius 3 is 1.89 bits per heavy atom. The average Bonchev–Trinajstić information content (AvgIpc) is 1.59. The lowest BCUT2D eigenvalue weighted by Crippen LogP contribution is -2.37. The van der Waals surface area contributed by atoms with Gasteiger partial charge in [0.15, 0.2) is 0 Å². The molecule has 0 aromatic carbocycles. The number of quaternary nitrogens is 1. The minimum Gasteiger partial charge on any atom is -0.331 e. The van der Waals surface area contributed by atoms with Crippen LogP contribution in [0.4, 0.5) is 0 Å². The molecule has 0 aliphatic carbocycles. The van der Waals surface area contributed by atoms with E-state index in [4.69, 9.17) is 5.73 Å². The van der Waals surface area contributed by atoms with Crippen molar-refractivity contribution in [2.24, 2.45) is 5.73 Å². The first-order valence-electron chi connectivity index (χ1n) is 3.48. The van der Waals surface area contributed by atoms with E-state index < -0.39 is 0 Å². The molecule has 0 radical (unpaired) electrons. The Labute approximate surface area is 58.2 Å². The summed E-state index contributed by atoms with van der Waals surface area (Å²) in [6, 6.07) is 0.349. The van der Waals surface area contributed by atoms with Gasteiger partial charge in [-0.2, -0.15) is 0 Å². The van der Waals surface area contributed by atoms with Crippen molar-refractivity contribution in [2.75, 3.05) is 27.7 Å². The van der Waals surface area contributed by atoms with Gasteiger partial charge in [-0.15, -0.1) is 0 Å². The van der Waals surface area contributed by atoms with Crippen molar-refractivity contribution >= 4 is 0 Å². The molecule has 0 fully saturated rings. The van der Waals surface area contributed by atoms with Gasteiger partial charge in [0.1, 0.15) is 0 Å². The molecule has 1 unspecified atom stereocenters. The van der Waals surface area contributed by atoms with E-state index in [1.165, 1.54) is 0 Å². The summed E-state index contributed by atoms with van der Waals surface area (Å²) in [5, 5.41) is 0. The molecule has 0 heterocycles. The molecule has 0 aromatic heterocycles. The molecule has 1 atom stereocenters. The van der Waals surface area contributed by atoms with Crippen molar-refractivity contribution in [1.82, 2.24) is 0 Å². The Kier molecular flexibility index (Phi) is 3.15. The maximum atomic E-state index is 5.59. The van der Waals surface area contributed by atoms with E-state index in [1.54, 1.807) is 0 Å². The molecule has 0 aliphatic heterocycles. The zero-order valence-corrected chi connectivity index (χ0v) is 7.02. The minimum atomic E-state index is 0.349. The standard InChI is InChI=1S/C7H19N2/c1-7(8)5-6-9(2,3)4/h7H,5-6,8H2,1-4H3/q+1. The highest BCUT2D eigenvalue weighted by atomic mass is 15.3. The molecule has 2 N–H and O–H groups in total. The van der Waals surface area contributed by atoms with Gasteiger partial charge in [-0.25, -0.2) is 0 Å². The van der Waals surface area contributed by atoms with Crippen LogP contribution in [0.1, 0.15) is 13.3 Å². The van der Waals surface area contributed by atoms with Gasteiger partial charge in [0.2, 0.25) is 0 Å². The summed E-state index contributed by atoms with van der Waals surface area (Å²) >= 11 is 0. The van der Waals surface area contributed by atoms with Gasteiger partial charge < -0.3 is 10.2 Å². The summed E-state index contributed by atoms with van der Waals surface area (Å²) < 4.78 is 1.02. The van der Waals surface area contributed by atoms with Gasteiger partial charge in [0.25, 0.3) is 0 Å². The molecule has 0 saturated carbocycles. The first kappa shape index (κ1) is 8.92. The second-order valence-electron chi connectivity index (χ2n) is 3.78. The highest BCUT2D eigenvalue weighted by molar-refractivity contribution is 4.49. The Bertz CT molecular complexity index is 71.5. The summed E-state index contributed by atoms with van der Waals surface area (Å²) in [7, 11) is 6.55. The van der Waals surface area contributed by atoms with Gasteiger partial charge in [-0.3, -0.25) is 0 Å². The largest absolute Gasteiger partial charge is 0.331 e. The predicted octanol–water partition coefficient (Wildman–Crippen LogP) is 0.430. The molecule has 0 aromatic rings. The van der Waals surface area contributed by atoms with Crippen LogP contribution in [0.3, 0.4) is 0 Å². The maximum absolute atomic E-state index is 5.59. The molecule has 0 amide bonds. The summed E-state index contributed by atoms with van der Waals surface area (Å²) in [5.74, 6) is 0. The zero-order valence-electron chi connectivity index (χ0n) is 7.02. The lowest BCUT2D eigenvalue weighted by atomic mass is 10.2. The van der Waals surface area contributed by atoms with Crippen molar-refractivity contribution in [1.29, 1.82) is 0 Å². The lowest BCUT2D eigenvalue weighted by Gasteiger charge is -2.24. The molecule has 9 heavy (non-hydrogen) atoms. The molecular formula is C7H19N2+. The van der Waals surface area contributed by atoms with E-state index in [0.29, 0.717) is 6.04 Å². The quantitative estimate of drug-likeness (QED) is 0.552. The number of nitrogens with zero attached hydrogens (tertiary/aromatic N) is 1. The average molecular weight is 131 g/mol. The number of hydrogen-bond donors (Lipinski definition) is 1. The van der Waals surface area contributed by atoms with Crippen molar-refractivity contribution < 1.29 is 4.48 Å². The van der Waals surface area contributed by atoms with Crippen molar-refractivity contribution in [3.8, 4) is 0 Å². The SMILES string of the molecule is CC(N)CC[N+](C)(C)C. The molecule has 0 bridgehead atoms. The van der Waals surface area contributed by atoms with Crippen LogP contribution >= 0.6 is 0 Å². The van der Waals surface area contributed by atoms with E-state index in [0.717, 1.165) is 17.4 Å². The van der Waals surface area contributed by atoms with Gasteiger partial charge in [0.05, 0.1) is 27.7 Å². The third-order valence-electron chi connectivity index (χ3n) is 1.26. The normalized spacial score (nSPS) is 15.7. The summed E-state index contributed by atoms with van der Waals surface area (Å²) in [6.07, 6.45) is 1.11. The lowest BCUT2D eigenvalue weighted by molar-refractivity contribution is -0.870. The molecule has 56 valence electrons. The second-order valence-corrected chi connectivity index (χ2v) is 3.78. The van der Waals surface area contributed by atoms with Crippen LogP contribution in [0.2, 0.25) is 0 Å². The first-order valence-corrected chi connectivity index (χ1v) is 3.48. The van der Waals surface area contributed by atoms with E-state index >= 15 is 0 Å². The molecule has 0 aliphatic rings. The third-order valence-corrected chi connectivity index (χ3v) is 1.26. The van der Waals surface area contributed by atoms with E-state index in [9.17, 15) is 0 Å². The van der Waals surface area contributed by atoms with Crippen LogP contribution in [0.15, 0.2) is 0 Å². The Morgan fingerprint density at radius 2 is 1.78 bits per heavy atom. The summed E-state index contributed by atoms with van der Waals surface area (Å²) in [6.45, 7) is 3.22. The summed E-state index contributed by atoms with van der Waals surface area (Å²) in [5.41, 5.74) is 5.59. The molecule has 0 saturated heterocycles. The Morgan fingerprint density at radius 1 is 1.33 bits per heavy atom. The van der Waals surface area contributed by atoms with Gasteiger partial charge in [0, 0.05) is 12.5 Å². The van der Waals surface area contributed by atoms with E-state index in [-0.39, 0.29) is 0 Å². The Balaban J connectivity index is 3.28.